The number of nitrogen functional groups attached to an aromatic ring is 1. The number of fused-ring (bicyclic) bond motifs is 1. The van der Waals surface area contributed by atoms with E-state index in [9.17, 15) is 18.8 Å². The van der Waals surface area contributed by atoms with Crippen LogP contribution in [-0.2, 0) is 9.53 Å². The highest BCUT2D eigenvalue weighted by atomic mass is 32.1. The first-order valence-corrected chi connectivity index (χ1v) is 12.7. The van der Waals surface area contributed by atoms with Gasteiger partial charge < -0.3 is 26.5 Å². The van der Waals surface area contributed by atoms with Gasteiger partial charge in [-0.3, -0.25) is 19.3 Å². The van der Waals surface area contributed by atoms with E-state index in [4.69, 9.17) is 16.2 Å². The highest BCUT2D eigenvalue weighted by Gasteiger charge is 2.37. The summed E-state index contributed by atoms with van der Waals surface area (Å²) < 4.78 is 23.5. The lowest BCUT2D eigenvalue weighted by Gasteiger charge is -2.31. The van der Waals surface area contributed by atoms with Crippen LogP contribution in [0.5, 0.6) is 0 Å². The second kappa shape index (κ2) is 10.6. The number of hydrogen-bond acceptors (Lipinski definition) is 7. The molecule has 3 amide bonds. The number of aromatic amines is 1. The van der Waals surface area contributed by atoms with Gasteiger partial charge in [0, 0.05) is 41.5 Å². The standard InChI is InChI=1S/C26H25FN6O4S/c27-14-7-9-15(10-8-14)33(26(36)23-20(28)21(24(29)34)32-38-23)22(25(35)31-12-16-4-3-11-37-16)18-13-30-19-6-2-1-5-17(18)19/h1-2,5-10,13,16,22,30H,3-4,11-12,28H2,(H2,29,34)(H,31,35)/t16-,22-/m1/s1. The Morgan fingerprint density at radius 2 is 1.97 bits per heavy atom. The van der Waals surface area contributed by atoms with Crippen LogP contribution in [0.25, 0.3) is 10.9 Å². The number of primary amides is 1. The molecule has 1 fully saturated rings. The maximum atomic E-state index is 14.1. The van der Waals surface area contributed by atoms with Gasteiger partial charge in [0.15, 0.2) is 5.69 Å². The van der Waals surface area contributed by atoms with E-state index in [0.29, 0.717) is 23.7 Å². The van der Waals surface area contributed by atoms with Crippen LogP contribution in [0.1, 0.15) is 44.6 Å². The second-order valence-electron chi connectivity index (χ2n) is 8.86. The van der Waals surface area contributed by atoms with Crippen molar-refractivity contribution in [1.29, 1.82) is 0 Å². The number of nitrogens with one attached hydrogen (secondary N) is 2. The minimum absolute atomic E-state index is 0.0695. The summed E-state index contributed by atoms with van der Waals surface area (Å²) in [5, 5.41) is 3.64. The van der Waals surface area contributed by atoms with E-state index in [-0.39, 0.29) is 34.6 Å². The number of amides is 3. The number of anilines is 2. The van der Waals surface area contributed by atoms with Crippen molar-refractivity contribution in [3.8, 4) is 0 Å². The molecule has 3 heterocycles. The van der Waals surface area contributed by atoms with Crippen molar-refractivity contribution in [2.24, 2.45) is 5.73 Å². The molecule has 0 unspecified atom stereocenters. The van der Waals surface area contributed by atoms with E-state index in [1.54, 1.807) is 6.20 Å². The fourth-order valence-corrected chi connectivity index (χ4v) is 5.30. The molecule has 1 saturated heterocycles. The molecule has 10 nitrogen and oxygen atoms in total. The number of carbonyl (C=O) groups excluding carboxylic acids is 3. The lowest BCUT2D eigenvalue weighted by Crippen LogP contribution is -2.45. The first-order valence-electron chi connectivity index (χ1n) is 11.9. The van der Waals surface area contributed by atoms with E-state index in [1.165, 1.54) is 29.2 Å². The van der Waals surface area contributed by atoms with Crippen molar-refractivity contribution >= 4 is 51.5 Å². The van der Waals surface area contributed by atoms with Gasteiger partial charge >= 0.3 is 0 Å². The summed E-state index contributed by atoms with van der Waals surface area (Å²) in [6.45, 7) is 0.886. The lowest BCUT2D eigenvalue weighted by atomic mass is 10.0. The van der Waals surface area contributed by atoms with Gasteiger partial charge in [0.2, 0.25) is 5.91 Å². The van der Waals surface area contributed by atoms with Gasteiger partial charge in [-0.1, -0.05) is 18.2 Å². The third kappa shape index (κ3) is 4.83. The maximum absolute atomic E-state index is 14.1. The Bertz CT molecular complexity index is 1500. The average molecular weight is 537 g/mol. The molecule has 4 aromatic rings. The normalized spacial score (nSPS) is 15.9. The van der Waals surface area contributed by atoms with E-state index < -0.39 is 29.6 Å². The van der Waals surface area contributed by atoms with Gasteiger partial charge in [0.1, 0.15) is 16.7 Å². The number of rotatable bonds is 8. The smallest absolute Gasteiger partial charge is 0.273 e. The van der Waals surface area contributed by atoms with Gasteiger partial charge in [0.25, 0.3) is 11.8 Å². The molecular formula is C26H25FN6O4S. The topological polar surface area (TPSA) is 156 Å². The Balaban J connectivity index is 1.64. The van der Waals surface area contributed by atoms with Crippen molar-refractivity contribution < 1.29 is 23.5 Å². The summed E-state index contributed by atoms with van der Waals surface area (Å²) >= 11 is 0.702. The SMILES string of the molecule is NC(=O)c1nsc(C(=O)N(c2ccc(F)cc2)[C@@H](C(=O)NC[C@H]2CCCO2)c2c[nH]c3ccccc23)c1N. The van der Waals surface area contributed by atoms with Crippen molar-refractivity contribution in [2.75, 3.05) is 23.8 Å². The molecule has 0 spiro atoms. The predicted molar refractivity (Wildman–Crippen MR) is 141 cm³/mol. The zero-order valence-corrected chi connectivity index (χ0v) is 21.0. The van der Waals surface area contributed by atoms with Crippen LogP contribution >= 0.6 is 11.5 Å². The van der Waals surface area contributed by atoms with Crippen LogP contribution in [-0.4, -0.2) is 46.3 Å². The number of carbonyl (C=O) groups is 3. The van der Waals surface area contributed by atoms with Gasteiger partial charge in [-0.2, -0.15) is 4.37 Å². The number of hydrogen-bond donors (Lipinski definition) is 4. The van der Waals surface area contributed by atoms with E-state index in [1.807, 2.05) is 24.3 Å². The predicted octanol–water partition coefficient (Wildman–Crippen LogP) is 3.13. The number of para-hydroxylation sites is 1. The van der Waals surface area contributed by atoms with Crippen LogP contribution in [0, 0.1) is 5.82 Å². The average Bonchev–Trinajstić information content (AvgIpc) is 3.66. The van der Waals surface area contributed by atoms with Gasteiger partial charge in [-0.25, -0.2) is 4.39 Å². The summed E-state index contributed by atoms with van der Waals surface area (Å²) in [6, 6.07) is 11.3. The zero-order valence-electron chi connectivity index (χ0n) is 20.1. The van der Waals surface area contributed by atoms with Crippen molar-refractivity contribution in [3.63, 3.8) is 0 Å². The molecule has 1 aliphatic heterocycles. The zero-order chi connectivity index (χ0) is 26.8. The van der Waals surface area contributed by atoms with Crippen LogP contribution in [0.15, 0.2) is 54.7 Å². The molecule has 0 bridgehead atoms. The summed E-state index contributed by atoms with van der Waals surface area (Å²) in [6.07, 6.45) is 3.24. The van der Waals surface area contributed by atoms with Crippen molar-refractivity contribution in [2.45, 2.75) is 25.0 Å². The molecule has 12 heteroatoms. The van der Waals surface area contributed by atoms with E-state index in [0.717, 1.165) is 23.7 Å². The number of halogens is 1. The molecule has 0 aliphatic carbocycles. The number of ether oxygens (including phenoxy) is 1. The monoisotopic (exact) mass is 536 g/mol. The molecule has 5 rings (SSSR count). The third-order valence-electron chi connectivity index (χ3n) is 6.43. The molecule has 2 aromatic heterocycles. The van der Waals surface area contributed by atoms with Crippen LogP contribution < -0.4 is 21.7 Å². The first-order chi connectivity index (χ1) is 18.3. The Morgan fingerprint density at radius 1 is 1.21 bits per heavy atom. The number of H-pyrrole nitrogens is 1. The van der Waals surface area contributed by atoms with Gasteiger partial charge in [0.05, 0.1) is 11.8 Å². The molecule has 6 N–H and O–H groups in total. The minimum Gasteiger partial charge on any atom is -0.395 e. The largest absolute Gasteiger partial charge is 0.395 e. The number of nitrogens with two attached hydrogens (primary N) is 2. The van der Waals surface area contributed by atoms with Crippen LogP contribution in [0.3, 0.4) is 0 Å². The van der Waals surface area contributed by atoms with E-state index >= 15 is 0 Å². The minimum atomic E-state index is -1.19. The van der Waals surface area contributed by atoms with Gasteiger partial charge in [-0.05, 0) is 54.7 Å². The summed E-state index contributed by atoms with van der Waals surface area (Å²) in [7, 11) is 0. The van der Waals surface area contributed by atoms with Crippen LogP contribution in [0.4, 0.5) is 15.8 Å². The molecule has 0 saturated carbocycles. The van der Waals surface area contributed by atoms with E-state index in [2.05, 4.69) is 14.7 Å². The first kappa shape index (κ1) is 25.4. The molecular weight excluding hydrogens is 511 g/mol. The molecule has 0 radical (unpaired) electrons. The molecule has 1 aliphatic rings. The molecule has 2 atom stereocenters. The number of nitrogens with zero attached hydrogens (tertiary/aromatic N) is 2. The number of benzene rings is 2. The Labute approximate surface area is 220 Å². The second-order valence-corrected chi connectivity index (χ2v) is 9.64. The van der Waals surface area contributed by atoms with Crippen molar-refractivity contribution in [1.82, 2.24) is 14.7 Å². The fraction of sp³-hybridized carbons (Fsp3) is 0.231. The fourth-order valence-electron chi connectivity index (χ4n) is 4.56. The van der Waals surface area contributed by atoms with Gasteiger partial charge in [-0.15, -0.1) is 0 Å². The summed E-state index contributed by atoms with van der Waals surface area (Å²) in [5.41, 5.74) is 12.6. The van der Waals surface area contributed by atoms with Crippen LogP contribution in [0.2, 0.25) is 0 Å². The maximum Gasteiger partial charge on any atom is 0.273 e. The Hall–Kier alpha value is -4.29. The lowest BCUT2D eigenvalue weighted by molar-refractivity contribution is -0.123. The Morgan fingerprint density at radius 3 is 2.66 bits per heavy atom. The molecule has 38 heavy (non-hydrogen) atoms. The summed E-state index contributed by atoms with van der Waals surface area (Å²) in [5.74, 6) is -2.56. The molecule has 2 aromatic carbocycles. The third-order valence-corrected chi connectivity index (χ3v) is 7.28. The molecule has 196 valence electrons. The van der Waals surface area contributed by atoms with Crippen molar-refractivity contribution in [3.05, 3.63) is 76.7 Å². The highest BCUT2D eigenvalue weighted by molar-refractivity contribution is 7.09. The highest BCUT2D eigenvalue weighted by Crippen LogP contribution is 2.36. The number of aromatic nitrogens is 2. The Kier molecular flexibility index (Phi) is 7.07. The summed E-state index contributed by atoms with van der Waals surface area (Å²) in [4.78, 5) is 44.0. The quantitative estimate of drug-likeness (QED) is 0.271.